The number of amides is 1. The number of hydrogen-bond acceptors (Lipinski definition) is 3. The van der Waals surface area contributed by atoms with Crippen molar-refractivity contribution in [1.29, 1.82) is 0 Å². The minimum absolute atomic E-state index is 0.200. The van der Waals surface area contributed by atoms with Gasteiger partial charge in [-0.3, -0.25) is 4.79 Å². The summed E-state index contributed by atoms with van der Waals surface area (Å²) in [6, 6.07) is 16.9. The lowest BCUT2D eigenvalue weighted by Crippen LogP contribution is -2.17. The van der Waals surface area contributed by atoms with Crippen molar-refractivity contribution in [2.75, 3.05) is 0 Å². The van der Waals surface area contributed by atoms with Gasteiger partial charge in [-0.25, -0.2) is 9.82 Å². The number of carbonyl (C=O) groups is 1. The molecule has 0 saturated heterocycles. The third kappa shape index (κ3) is 4.08. The molecule has 0 unspecified atom stereocenters. The second kappa shape index (κ2) is 7.39. The molecule has 3 aromatic rings. The third-order valence-electron chi connectivity index (χ3n) is 3.20. The number of furan rings is 1. The summed E-state index contributed by atoms with van der Waals surface area (Å²) in [4.78, 5) is 11.8. The van der Waals surface area contributed by atoms with Crippen molar-refractivity contribution in [2.24, 2.45) is 5.10 Å². The van der Waals surface area contributed by atoms with Crippen LogP contribution in [0.2, 0.25) is 0 Å². The lowest BCUT2D eigenvalue weighted by molar-refractivity contribution is 0.0954. The van der Waals surface area contributed by atoms with E-state index >= 15 is 0 Å². The van der Waals surface area contributed by atoms with Crippen molar-refractivity contribution in [1.82, 2.24) is 5.43 Å². The Morgan fingerprint density at radius 2 is 1.92 bits per heavy atom. The van der Waals surface area contributed by atoms with Gasteiger partial charge in [0, 0.05) is 14.7 Å². The van der Waals surface area contributed by atoms with Crippen molar-refractivity contribution in [3.05, 3.63) is 81.4 Å². The van der Waals surface area contributed by atoms with Crippen molar-refractivity contribution in [2.45, 2.75) is 0 Å². The first-order valence-corrected chi connectivity index (χ1v) is 8.14. The normalized spacial score (nSPS) is 10.9. The Morgan fingerprint density at radius 1 is 1.12 bits per heavy atom. The molecule has 24 heavy (non-hydrogen) atoms. The van der Waals surface area contributed by atoms with E-state index in [1.165, 1.54) is 24.4 Å². The molecule has 0 atom stereocenters. The summed E-state index contributed by atoms with van der Waals surface area (Å²) in [5.74, 6) is 0.252. The molecule has 4 nitrogen and oxygen atoms in total. The molecule has 0 aliphatic carbocycles. The number of halogens is 2. The number of hydrogen-bond donors (Lipinski definition) is 1. The lowest BCUT2D eigenvalue weighted by Gasteiger charge is -1.99. The molecule has 3 rings (SSSR count). The lowest BCUT2D eigenvalue weighted by atomic mass is 10.2. The molecule has 0 spiro atoms. The topological polar surface area (TPSA) is 54.6 Å². The monoisotopic (exact) mass is 434 g/mol. The Labute approximate surface area is 151 Å². The van der Waals surface area contributed by atoms with Gasteiger partial charge in [0.2, 0.25) is 0 Å². The first kappa shape index (κ1) is 16.4. The molecule has 0 saturated carbocycles. The SMILES string of the molecule is O=C(N/N=C/c1ccc(-c2ccc(I)cc2)o1)c1cccc(F)c1. The van der Waals surface area contributed by atoms with Crippen molar-refractivity contribution < 1.29 is 13.6 Å². The largest absolute Gasteiger partial charge is 0.455 e. The maximum Gasteiger partial charge on any atom is 0.271 e. The van der Waals surface area contributed by atoms with Crippen LogP contribution in [-0.4, -0.2) is 12.1 Å². The standard InChI is InChI=1S/C18H12FIN2O2/c19-14-3-1-2-13(10-14)18(23)22-21-11-16-8-9-17(24-16)12-4-6-15(20)7-5-12/h1-11H,(H,22,23)/b21-11+. The molecule has 1 heterocycles. The summed E-state index contributed by atoms with van der Waals surface area (Å²) in [7, 11) is 0. The average molecular weight is 434 g/mol. The summed E-state index contributed by atoms with van der Waals surface area (Å²) in [5, 5.41) is 3.83. The van der Waals surface area contributed by atoms with Gasteiger partial charge in [0.15, 0.2) is 0 Å². The Kier molecular flexibility index (Phi) is 5.05. The smallest absolute Gasteiger partial charge is 0.271 e. The van der Waals surface area contributed by atoms with E-state index in [0.29, 0.717) is 11.5 Å². The van der Waals surface area contributed by atoms with Gasteiger partial charge in [0.1, 0.15) is 17.3 Å². The highest BCUT2D eigenvalue weighted by molar-refractivity contribution is 14.1. The van der Waals surface area contributed by atoms with E-state index in [1.54, 1.807) is 6.07 Å². The molecule has 6 heteroatoms. The van der Waals surface area contributed by atoms with Crippen LogP contribution in [-0.2, 0) is 0 Å². The maximum absolute atomic E-state index is 13.1. The fourth-order valence-corrected chi connectivity index (χ4v) is 2.40. The summed E-state index contributed by atoms with van der Waals surface area (Å²) in [6.07, 6.45) is 1.40. The summed E-state index contributed by atoms with van der Waals surface area (Å²) < 4.78 is 19.9. The van der Waals surface area contributed by atoms with Gasteiger partial charge in [-0.05, 0) is 65.1 Å². The number of nitrogens with zero attached hydrogens (tertiary/aromatic N) is 1. The van der Waals surface area contributed by atoms with Crippen LogP contribution in [0.15, 0.2) is 70.2 Å². The predicted octanol–water partition coefficient (Wildman–Crippen LogP) is 4.45. The van der Waals surface area contributed by atoms with Gasteiger partial charge in [-0.1, -0.05) is 18.2 Å². The van der Waals surface area contributed by atoms with Crippen molar-refractivity contribution >= 4 is 34.7 Å². The zero-order valence-corrected chi connectivity index (χ0v) is 14.5. The van der Waals surface area contributed by atoms with E-state index in [1.807, 2.05) is 30.3 Å². The van der Waals surface area contributed by atoms with E-state index in [4.69, 9.17) is 4.42 Å². The fraction of sp³-hybridized carbons (Fsp3) is 0. The molecule has 0 aliphatic rings. The zero-order chi connectivity index (χ0) is 16.9. The van der Waals surface area contributed by atoms with Gasteiger partial charge in [0.25, 0.3) is 5.91 Å². The molecular weight excluding hydrogens is 422 g/mol. The minimum Gasteiger partial charge on any atom is -0.455 e. The number of nitrogens with one attached hydrogen (secondary N) is 1. The van der Waals surface area contributed by atoms with Crippen LogP contribution in [0.5, 0.6) is 0 Å². The van der Waals surface area contributed by atoms with Gasteiger partial charge < -0.3 is 4.42 Å². The highest BCUT2D eigenvalue weighted by atomic mass is 127. The molecular formula is C18H12FIN2O2. The zero-order valence-electron chi connectivity index (χ0n) is 12.4. The van der Waals surface area contributed by atoms with E-state index < -0.39 is 11.7 Å². The summed E-state index contributed by atoms with van der Waals surface area (Å²) in [5.41, 5.74) is 3.49. The maximum atomic E-state index is 13.1. The van der Waals surface area contributed by atoms with Crippen LogP contribution in [0.4, 0.5) is 4.39 Å². The molecule has 1 aromatic heterocycles. The van der Waals surface area contributed by atoms with Crippen molar-refractivity contribution in [3.8, 4) is 11.3 Å². The fourth-order valence-electron chi connectivity index (χ4n) is 2.04. The Morgan fingerprint density at radius 3 is 2.67 bits per heavy atom. The molecule has 2 aromatic carbocycles. The van der Waals surface area contributed by atoms with Gasteiger partial charge in [-0.15, -0.1) is 0 Å². The van der Waals surface area contributed by atoms with Crippen LogP contribution in [0.25, 0.3) is 11.3 Å². The highest BCUT2D eigenvalue weighted by Gasteiger charge is 2.06. The van der Waals surface area contributed by atoms with Gasteiger partial charge >= 0.3 is 0 Å². The summed E-state index contributed by atoms with van der Waals surface area (Å²) in [6.45, 7) is 0. The quantitative estimate of drug-likeness (QED) is 0.375. The first-order chi connectivity index (χ1) is 11.6. The molecule has 0 fully saturated rings. The van der Waals surface area contributed by atoms with E-state index in [2.05, 4.69) is 33.1 Å². The molecule has 1 amide bonds. The van der Waals surface area contributed by atoms with Crippen LogP contribution in [0, 0.1) is 9.39 Å². The van der Waals surface area contributed by atoms with Crippen LogP contribution in [0.1, 0.15) is 16.1 Å². The summed E-state index contributed by atoms with van der Waals surface area (Å²) >= 11 is 2.24. The second-order valence-electron chi connectivity index (χ2n) is 4.92. The number of benzene rings is 2. The molecule has 0 bridgehead atoms. The van der Waals surface area contributed by atoms with Crippen LogP contribution in [0.3, 0.4) is 0 Å². The predicted molar refractivity (Wildman–Crippen MR) is 98.3 cm³/mol. The van der Waals surface area contributed by atoms with Crippen LogP contribution < -0.4 is 5.43 Å². The highest BCUT2D eigenvalue weighted by Crippen LogP contribution is 2.22. The molecule has 1 N–H and O–H groups in total. The molecule has 120 valence electrons. The second-order valence-corrected chi connectivity index (χ2v) is 6.16. The number of rotatable bonds is 4. The Balaban J connectivity index is 1.65. The van der Waals surface area contributed by atoms with E-state index in [9.17, 15) is 9.18 Å². The van der Waals surface area contributed by atoms with Gasteiger partial charge in [0.05, 0.1) is 6.21 Å². The number of hydrazone groups is 1. The van der Waals surface area contributed by atoms with E-state index in [-0.39, 0.29) is 5.56 Å². The minimum atomic E-state index is -0.491. The average Bonchev–Trinajstić information content (AvgIpc) is 3.04. The third-order valence-corrected chi connectivity index (χ3v) is 3.92. The molecule has 0 aliphatic heterocycles. The first-order valence-electron chi connectivity index (χ1n) is 7.06. The van der Waals surface area contributed by atoms with E-state index in [0.717, 1.165) is 15.2 Å². The van der Waals surface area contributed by atoms with Crippen LogP contribution >= 0.6 is 22.6 Å². The molecule has 0 radical (unpaired) electrons. The Bertz CT molecular complexity index is 888. The van der Waals surface area contributed by atoms with Crippen molar-refractivity contribution in [3.63, 3.8) is 0 Å². The number of carbonyl (C=O) groups excluding carboxylic acids is 1. The Hall–Kier alpha value is -2.48. The van der Waals surface area contributed by atoms with Gasteiger partial charge in [-0.2, -0.15) is 5.10 Å².